The third-order valence-corrected chi connectivity index (χ3v) is 4.55. The van der Waals surface area contributed by atoms with Crippen molar-refractivity contribution in [2.75, 3.05) is 24.2 Å². The van der Waals surface area contributed by atoms with Gasteiger partial charge in [-0.15, -0.1) is 0 Å². The number of hydrogen-bond donors (Lipinski definition) is 3. The van der Waals surface area contributed by atoms with Crippen LogP contribution < -0.4 is 11.1 Å². The predicted molar refractivity (Wildman–Crippen MR) is 97.6 cm³/mol. The Bertz CT molecular complexity index is 742. The lowest BCUT2D eigenvalue weighted by atomic mass is 10.0. The molecule has 140 valence electrons. The topological polar surface area (TPSA) is 118 Å². The first-order valence-electron chi connectivity index (χ1n) is 8.97. The maximum atomic E-state index is 12.6. The Morgan fingerprint density at radius 1 is 1.46 bits per heavy atom. The van der Waals surface area contributed by atoms with Crippen LogP contribution in [0.15, 0.2) is 22.8 Å². The zero-order valence-electron chi connectivity index (χ0n) is 14.9. The van der Waals surface area contributed by atoms with Crippen molar-refractivity contribution in [1.29, 1.82) is 0 Å². The second-order valence-corrected chi connectivity index (χ2v) is 6.45. The summed E-state index contributed by atoms with van der Waals surface area (Å²) in [5, 5.41) is 12.7. The van der Waals surface area contributed by atoms with Gasteiger partial charge >= 0.3 is 0 Å². The minimum Gasteiger partial charge on any atom is -0.459 e. The summed E-state index contributed by atoms with van der Waals surface area (Å²) < 4.78 is 5.23. The van der Waals surface area contributed by atoms with Gasteiger partial charge in [0.25, 0.3) is 5.91 Å². The van der Waals surface area contributed by atoms with E-state index in [2.05, 4.69) is 22.2 Å². The lowest BCUT2D eigenvalue weighted by Crippen LogP contribution is -2.37. The first-order chi connectivity index (χ1) is 12.6. The van der Waals surface area contributed by atoms with Crippen molar-refractivity contribution in [3.05, 3.63) is 35.4 Å². The molecule has 0 fully saturated rings. The molecule has 4 N–H and O–H groups in total. The van der Waals surface area contributed by atoms with E-state index in [1.165, 1.54) is 6.26 Å². The van der Waals surface area contributed by atoms with Crippen LogP contribution in [0.25, 0.3) is 0 Å². The Balaban J connectivity index is 1.84. The predicted octanol–water partition coefficient (Wildman–Crippen LogP) is 1.81. The summed E-state index contributed by atoms with van der Waals surface area (Å²) in [5.41, 5.74) is 7.61. The van der Waals surface area contributed by atoms with Gasteiger partial charge in [-0.1, -0.05) is 13.3 Å². The van der Waals surface area contributed by atoms with E-state index in [4.69, 9.17) is 10.2 Å². The Kier molecular flexibility index (Phi) is 5.72. The zero-order chi connectivity index (χ0) is 18.5. The molecule has 2 aromatic rings. The summed E-state index contributed by atoms with van der Waals surface area (Å²) in [6, 6.07) is 3.46. The molecule has 3 heterocycles. The molecule has 2 aromatic heterocycles. The van der Waals surface area contributed by atoms with Crippen molar-refractivity contribution in [3.8, 4) is 0 Å². The van der Waals surface area contributed by atoms with Crippen LogP contribution >= 0.6 is 0 Å². The van der Waals surface area contributed by atoms with E-state index >= 15 is 0 Å². The smallest absolute Gasteiger partial charge is 0.289 e. The van der Waals surface area contributed by atoms with Crippen molar-refractivity contribution in [2.24, 2.45) is 0 Å². The van der Waals surface area contributed by atoms with E-state index in [-0.39, 0.29) is 24.5 Å². The van der Waals surface area contributed by atoms with Crippen LogP contribution in [0.5, 0.6) is 0 Å². The fourth-order valence-corrected chi connectivity index (χ4v) is 3.27. The first kappa shape index (κ1) is 18.2. The number of anilines is 2. The fraction of sp³-hybridized carbons (Fsp3) is 0.500. The third-order valence-electron chi connectivity index (χ3n) is 4.55. The van der Waals surface area contributed by atoms with E-state index < -0.39 is 0 Å². The van der Waals surface area contributed by atoms with Crippen LogP contribution in [0, 0.1) is 0 Å². The molecule has 0 spiro atoms. The van der Waals surface area contributed by atoms with Crippen molar-refractivity contribution < 1.29 is 14.3 Å². The number of nitrogen functional groups attached to an aromatic ring is 1. The minimum atomic E-state index is -0.149. The molecular weight excluding hydrogens is 334 g/mol. The van der Waals surface area contributed by atoms with Gasteiger partial charge in [-0.2, -0.15) is 4.98 Å². The maximum Gasteiger partial charge on any atom is 0.289 e. The van der Waals surface area contributed by atoms with E-state index in [1.807, 2.05) is 0 Å². The van der Waals surface area contributed by atoms with Gasteiger partial charge in [-0.05, 0) is 25.0 Å². The molecule has 0 radical (unpaired) electrons. The molecule has 0 bridgehead atoms. The SMILES string of the molecule is CCC[C@@H](CCO)Nc1nc(N)nc2c1CN(C(=O)c1ccco1)CC2. The third kappa shape index (κ3) is 3.96. The van der Waals surface area contributed by atoms with Gasteiger partial charge in [0.2, 0.25) is 5.95 Å². The quantitative estimate of drug-likeness (QED) is 0.690. The van der Waals surface area contributed by atoms with E-state index in [1.54, 1.807) is 17.0 Å². The second-order valence-electron chi connectivity index (χ2n) is 6.45. The highest BCUT2D eigenvalue weighted by atomic mass is 16.3. The maximum absolute atomic E-state index is 12.6. The molecule has 1 aliphatic heterocycles. The van der Waals surface area contributed by atoms with Crippen LogP contribution in [-0.2, 0) is 13.0 Å². The number of hydrogen-bond acceptors (Lipinski definition) is 7. The number of nitrogens with zero attached hydrogens (tertiary/aromatic N) is 3. The molecule has 26 heavy (non-hydrogen) atoms. The number of nitrogens with one attached hydrogen (secondary N) is 1. The number of fused-ring (bicyclic) bond motifs is 1. The molecular formula is C18H25N5O3. The zero-order valence-corrected chi connectivity index (χ0v) is 14.9. The summed E-state index contributed by atoms with van der Waals surface area (Å²) in [6.45, 7) is 3.15. The molecule has 1 atom stereocenters. The largest absolute Gasteiger partial charge is 0.459 e. The monoisotopic (exact) mass is 359 g/mol. The molecule has 8 heteroatoms. The van der Waals surface area contributed by atoms with E-state index in [9.17, 15) is 9.90 Å². The molecule has 1 amide bonds. The summed E-state index contributed by atoms with van der Waals surface area (Å²) in [6.07, 6.45) is 4.63. The number of aromatic nitrogens is 2. The summed E-state index contributed by atoms with van der Waals surface area (Å²) in [5.74, 6) is 1.04. The van der Waals surface area contributed by atoms with Gasteiger partial charge in [0.1, 0.15) is 5.82 Å². The molecule has 0 saturated carbocycles. The average molecular weight is 359 g/mol. The summed E-state index contributed by atoms with van der Waals surface area (Å²) >= 11 is 0. The van der Waals surface area contributed by atoms with Gasteiger partial charge in [0.15, 0.2) is 5.76 Å². The molecule has 8 nitrogen and oxygen atoms in total. The Morgan fingerprint density at radius 2 is 2.31 bits per heavy atom. The fourth-order valence-electron chi connectivity index (χ4n) is 3.27. The summed E-state index contributed by atoms with van der Waals surface area (Å²) in [4.78, 5) is 23.0. The molecule has 0 aliphatic carbocycles. The number of amides is 1. The van der Waals surface area contributed by atoms with Gasteiger partial charge in [-0.3, -0.25) is 4.79 Å². The molecule has 0 aromatic carbocycles. The number of furan rings is 1. The van der Waals surface area contributed by atoms with Crippen LogP contribution in [0.3, 0.4) is 0 Å². The Labute approximate surface area is 152 Å². The average Bonchev–Trinajstić information content (AvgIpc) is 3.16. The van der Waals surface area contributed by atoms with Crippen molar-refractivity contribution in [2.45, 2.75) is 45.2 Å². The second kappa shape index (κ2) is 8.18. The molecule has 3 rings (SSSR count). The standard InChI is InChI=1S/C18H25N5O3/c1-2-4-12(7-9-24)20-16-13-11-23(17(25)15-5-3-10-26-15)8-6-14(13)21-18(19)22-16/h3,5,10,12,24H,2,4,6-9,11H2,1H3,(H3,19,20,21,22)/t12-/m0/s1. The van der Waals surface area contributed by atoms with Crippen LogP contribution in [-0.4, -0.2) is 45.1 Å². The lowest BCUT2D eigenvalue weighted by Gasteiger charge is -2.30. The van der Waals surface area contributed by atoms with Gasteiger partial charge in [0, 0.05) is 31.2 Å². The number of aliphatic hydroxyl groups excluding tert-OH is 1. The van der Waals surface area contributed by atoms with E-state index in [0.29, 0.717) is 37.5 Å². The first-order valence-corrected chi connectivity index (χ1v) is 8.97. The van der Waals surface area contributed by atoms with E-state index in [0.717, 1.165) is 24.1 Å². The molecule has 1 aliphatic rings. The van der Waals surface area contributed by atoms with Crippen LogP contribution in [0.4, 0.5) is 11.8 Å². The minimum absolute atomic E-state index is 0.0968. The number of nitrogens with two attached hydrogens (primary N) is 1. The molecule has 0 unspecified atom stereocenters. The number of aliphatic hydroxyl groups is 1. The van der Waals surface area contributed by atoms with Gasteiger partial charge < -0.3 is 25.5 Å². The van der Waals surface area contributed by atoms with Gasteiger partial charge in [-0.25, -0.2) is 4.98 Å². The van der Waals surface area contributed by atoms with Crippen molar-refractivity contribution in [1.82, 2.24) is 14.9 Å². The van der Waals surface area contributed by atoms with Crippen LogP contribution in [0.2, 0.25) is 0 Å². The number of carbonyl (C=O) groups is 1. The highest BCUT2D eigenvalue weighted by molar-refractivity contribution is 5.91. The highest BCUT2D eigenvalue weighted by Crippen LogP contribution is 2.27. The van der Waals surface area contributed by atoms with Gasteiger partial charge in [0.05, 0.1) is 18.5 Å². The normalized spacial score (nSPS) is 14.8. The Hall–Kier alpha value is -2.61. The summed E-state index contributed by atoms with van der Waals surface area (Å²) in [7, 11) is 0. The molecule has 0 saturated heterocycles. The number of carbonyl (C=O) groups excluding carboxylic acids is 1. The number of rotatable bonds is 7. The lowest BCUT2D eigenvalue weighted by molar-refractivity contribution is 0.0701. The van der Waals surface area contributed by atoms with Crippen LogP contribution in [0.1, 0.15) is 48.0 Å². The van der Waals surface area contributed by atoms with Crippen molar-refractivity contribution >= 4 is 17.7 Å². The Morgan fingerprint density at radius 3 is 3.00 bits per heavy atom. The highest BCUT2D eigenvalue weighted by Gasteiger charge is 2.27. The van der Waals surface area contributed by atoms with Crippen molar-refractivity contribution in [3.63, 3.8) is 0 Å².